The normalized spacial score (nSPS) is 13.7. The van der Waals surface area contributed by atoms with E-state index in [0.29, 0.717) is 0 Å². The number of nitrogens with zero attached hydrogens (tertiary/aromatic N) is 1. The lowest BCUT2D eigenvalue weighted by atomic mass is 9.84. The monoisotopic (exact) mass is 357 g/mol. The van der Waals surface area contributed by atoms with Crippen molar-refractivity contribution in [3.63, 3.8) is 0 Å². The molecule has 25 heavy (non-hydrogen) atoms. The lowest BCUT2D eigenvalue weighted by molar-refractivity contribution is -0.137. The van der Waals surface area contributed by atoms with Gasteiger partial charge < -0.3 is 9.73 Å². The topological polar surface area (TPSA) is 70.9 Å². The molecule has 8 heteroatoms. The van der Waals surface area contributed by atoms with Crippen LogP contribution in [0.1, 0.15) is 46.1 Å². The molecule has 5 nitrogen and oxygen atoms in total. The first-order chi connectivity index (χ1) is 11.5. The van der Waals surface area contributed by atoms with Gasteiger partial charge in [0.25, 0.3) is 0 Å². The number of hydrogen-bond donors (Lipinski definition) is 2. The lowest BCUT2D eigenvalue weighted by Gasteiger charge is -2.33. The number of halogens is 3. The Kier molecular flexibility index (Phi) is 5.29. The van der Waals surface area contributed by atoms with Gasteiger partial charge in [0.2, 0.25) is 5.89 Å². The van der Waals surface area contributed by atoms with Gasteiger partial charge in [-0.25, -0.2) is 9.89 Å². The van der Waals surface area contributed by atoms with E-state index >= 15 is 0 Å². The van der Waals surface area contributed by atoms with Gasteiger partial charge in [-0.15, -0.1) is 5.10 Å². The molecule has 1 heterocycles. The second-order valence-electron chi connectivity index (χ2n) is 7.03. The molecule has 0 bridgehead atoms. The number of anilines is 1. The Morgan fingerprint density at radius 3 is 2.44 bits per heavy atom. The van der Waals surface area contributed by atoms with Crippen LogP contribution in [0.5, 0.6) is 0 Å². The largest absolute Gasteiger partial charge is 0.434 e. The van der Waals surface area contributed by atoms with Gasteiger partial charge in [-0.05, 0) is 30.0 Å². The summed E-state index contributed by atoms with van der Waals surface area (Å²) in [5.74, 6) is -0.812. The van der Waals surface area contributed by atoms with Crippen LogP contribution >= 0.6 is 0 Å². The van der Waals surface area contributed by atoms with E-state index < -0.39 is 17.5 Å². The van der Waals surface area contributed by atoms with E-state index in [-0.39, 0.29) is 28.6 Å². The number of H-pyrrole nitrogens is 1. The molecule has 0 aliphatic heterocycles. The molecular formula is C17H22F3N3O2. The summed E-state index contributed by atoms with van der Waals surface area (Å²) in [4.78, 5) is 11.1. The Balaban J connectivity index is 2.49. The Labute approximate surface area is 143 Å². The van der Waals surface area contributed by atoms with Gasteiger partial charge in [-0.3, -0.25) is 0 Å². The Morgan fingerprint density at radius 2 is 1.96 bits per heavy atom. The quantitative estimate of drug-likeness (QED) is 0.815. The SMILES string of the molecule is CCCC(Nc1cc(-c2n[nH]c(=O)o2)ccc1C(F)(F)F)C(C)(C)C. The van der Waals surface area contributed by atoms with Crippen molar-refractivity contribution in [3.05, 3.63) is 34.3 Å². The highest BCUT2D eigenvalue weighted by molar-refractivity contribution is 5.65. The van der Waals surface area contributed by atoms with Crippen molar-refractivity contribution in [1.82, 2.24) is 10.2 Å². The van der Waals surface area contributed by atoms with Gasteiger partial charge in [0.1, 0.15) is 0 Å². The fraction of sp³-hybridized carbons (Fsp3) is 0.529. The van der Waals surface area contributed by atoms with E-state index in [1.807, 2.05) is 27.7 Å². The summed E-state index contributed by atoms with van der Waals surface area (Å²) in [5.41, 5.74) is -0.755. The van der Waals surface area contributed by atoms with E-state index in [1.165, 1.54) is 12.1 Å². The number of aromatic amines is 1. The van der Waals surface area contributed by atoms with Crippen molar-refractivity contribution in [2.75, 3.05) is 5.32 Å². The first-order valence-corrected chi connectivity index (χ1v) is 8.06. The van der Waals surface area contributed by atoms with Gasteiger partial charge in [-0.1, -0.05) is 34.1 Å². The minimum Gasteiger partial charge on any atom is -0.388 e. The second kappa shape index (κ2) is 6.93. The highest BCUT2D eigenvalue weighted by Gasteiger charge is 2.35. The maximum Gasteiger partial charge on any atom is 0.434 e. The van der Waals surface area contributed by atoms with Crippen LogP contribution < -0.4 is 11.1 Å². The molecule has 0 fully saturated rings. The summed E-state index contributed by atoms with van der Waals surface area (Å²) >= 11 is 0. The smallest absolute Gasteiger partial charge is 0.388 e. The Morgan fingerprint density at radius 1 is 1.28 bits per heavy atom. The van der Waals surface area contributed by atoms with Crippen molar-refractivity contribution in [1.29, 1.82) is 0 Å². The third-order valence-electron chi connectivity index (χ3n) is 3.96. The molecule has 2 aromatic rings. The predicted molar refractivity (Wildman–Crippen MR) is 89.3 cm³/mol. The molecule has 138 valence electrons. The van der Waals surface area contributed by atoms with Gasteiger partial charge in [0, 0.05) is 17.3 Å². The molecule has 0 amide bonds. The summed E-state index contributed by atoms with van der Waals surface area (Å²) in [6.45, 7) is 7.92. The summed E-state index contributed by atoms with van der Waals surface area (Å²) in [6.07, 6.45) is -2.94. The molecule has 0 aliphatic carbocycles. The van der Waals surface area contributed by atoms with Crippen molar-refractivity contribution in [3.8, 4) is 11.5 Å². The van der Waals surface area contributed by atoms with E-state index in [0.717, 1.165) is 18.9 Å². The lowest BCUT2D eigenvalue weighted by Crippen LogP contribution is -2.34. The number of alkyl halides is 3. The number of benzene rings is 1. The third kappa shape index (κ3) is 4.64. The van der Waals surface area contributed by atoms with E-state index in [9.17, 15) is 18.0 Å². The van der Waals surface area contributed by atoms with Gasteiger partial charge in [-0.2, -0.15) is 13.2 Å². The minimum absolute atomic E-state index is 0.0513. The van der Waals surface area contributed by atoms with Gasteiger partial charge >= 0.3 is 11.9 Å². The Hall–Kier alpha value is -2.25. The zero-order valence-electron chi connectivity index (χ0n) is 14.6. The zero-order valence-corrected chi connectivity index (χ0v) is 14.6. The summed E-state index contributed by atoms with van der Waals surface area (Å²) in [5, 5.41) is 8.81. The van der Waals surface area contributed by atoms with Crippen LogP contribution in [0.4, 0.5) is 18.9 Å². The predicted octanol–water partition coefficient (Wildman–Crippen LogP) is 4.68. The minimum atomic E-state index is -4.50. The summed E-state index contributed by atoms with van der Waals surface area (Å²) < 4.78 is 45.0. The average molecular weight is 357 g/mol. The molecule has 0 saturated carbocycles. The standard InChI is InChI=1S/C17H22F3N3O2/c1-5-6-13(16(2,3)4)21-12-9-10(14-22-23-15(24)25-14)7-8-11(12)17(18,19)20/h7-9,13,21H,5-6H2,1-4H3,(H,23,24). The number of aromatic nitrogens is 2. The maximum absolute atomic E-state index is 13.4. The average Bonchev–Trinajstić information content (AvgIpc) is 2.91. The summed E-state index contributed by atoms with van der Waals surface area (Å²) in [7, 11) is 0. The number of rotatable bonds is 5. The highest BCUT2D eigenvalue weighted by Crippen LogP contribution is 2.38. The van der Waals surface area contributed by atoms with Crippen LogP contribution in [-0.4, -0.2) is 16.2 Å². The van der Waals surface area contributed by atoms with Crippen LogP contribution in [0.2, 0.25) is 0 Å². The van der Waals surface area contributed by atoms with Crippen molar-refractivity contribution >= 4 is 5.69 Å². The van der Waals surface area contributed by atoms with Crippen molar-refractivity contribution < 1.29 is 17.6 Å². The van der Waals surface area contributed by atoms with Gasteiger partial charge in [0.05, 0.1) is 5.56 Å². The summed E-state index contributed by atoms with van der Waals surface area (Å²) in [6, 6.07) is 3.37. The number of hydrogen-bond acceptors (Lipinski definition) is 4. The van der Waals surface area contributed by atoms with Crippen LogP contribution in [0.15, 0.2) is 27.4 Å². The Bertz CT molecular complexity index is 772. The zero-order chi connectivity index (χ0) is 18.8. The molecular weight excluding hydrogens is 335 g/mol. The molecule has 2 rings (SSSR count). The van der Waals surface area contributed by atoms with E-state index in [1.54, 1.807) is 0 Å². The fourth-order valence-corrected chi connectivity index (χ4v) is 2.60. The molecule has 0 radical (unpaired) electrons. The molecule has 1 atom stereocenters. The van der Waals surface area contributed by atoms with Crippen LogP contribution in [0.25, 0.3) is 11.5 Å². The van der Waals surface area contributed by atoms with Crippen LogP contribution in [0.3, 0.4) is 0 Å². The highest BCUT2D eigenvalue weighted by atomic mass is 19.4. The molecule has 1 unspecified atom stereocenters. The molecule has 1 aromatic heterocycles. The molecule has 0 saturated heterocycles. The first kappa shape index (κ1) is 19.1. The fourth-order valence-electron chi connectivity index (χ4n) is 2.60. The van der Waals surface area contributed by atoms with Crippen LogP contribution in [-0.2, 0) is 6.18 Å². The molecule has 1 aromatic carbocycles. The molecule has 0 aliphatic rings. The molecule has 0 spiro atoms. The molecule has 2 N–H and O–H groups in total. The van der Waals surface area contributed by atoms with E-state index in [4.69, 9.17) is 4.42 Å². The van der Waals surface area contributed by atoms with E-state index in [2.05, 4.69) is 15.5 Å². The first-order valence-electron chi connectivity index (χ1n) is 8.06. The number of nitrogens with one attached hydrogen (secondary N) is 2. The third-order valence-corrected chi connectivity index (χ3v) is 3.96. The second-order valence-corrected chi connectivity index (χ2v) is 7.03. The van der Waals surface area contributed by atoms with Gasteiger partial charge in [0.15, 0.2) is 0 Å². The maximum atomic E-state index is 13.4. The van der Waals surface area contributed by atoms with Crippen LogP contribution in [0, 0.1) is 5.41 Å². The van der Waals surface area contributed by atoms with Crippen molar-refractivity contribution in [2.45, 2.75) is 52.8 Å². The van der Waals surface area contributed by atoms with Crippen molar-refractivity contribution in [2.24, 2.45) is 5.41 Å².